The topological polar surface area (TPSA) is 65.4 Å². The highest BCUT2D eigenvalue weighted by Gasteiger charge is 2.24. The van der Waals surface area contributed by atoms with Gasteiger partial charge in [0.15, 0.2) is 11.5 Å². The second kappa shape index (κ2) is 7.76. The monoisotopic (exact) mass is 377 g/mol. The Morgan fingerprint density at radius 2 is 2.07 bits per heavy atom. The van der Waals surface area contributed by atoms with Crippen LogP contribution < -0.4 is 14.8 Å². The van der Waals surface area contributed by atoms with Crippen molar-refractivity contribution in [3.63, 3.8) is 0 Å². The molecule has 2 heterocycles. The van der Waals surface area contributed by atoms with Gasteiger partial charge in [0, 0.05) is 25.1 Å². The number of nitrogens with one attached hydrogen (secondary N) is 1. The van der Waals surface area contributed by atoms with Crippen molar-refractivity contribution in [3.8, 4) is 22.9 Å². The first-order chi connectivity index (χ1) is 13.7. The molecule has 4 rings (SSSR count). The number of nitrogens with zero attached hydrogens (tertiary/aromatic N) is 2. The van der Waals surface area contributed by atoms with Crippen molar-refractivity contribution in [2.24, 2.45) is 13.0 Å². The van der Waals surface area contributed by atoms with E-state index in [4.69, 9.17) is 9.47 Å². The van der Waals surface area contributed by atoms with Gasteiger partial charge in [-0.05, 0) is 18.1 Å². The average Bonchev–Trinajstić information content (AvgIpc) is 3.13. The van der Waals surface area contributed by atoms with Gasteiger partial charge in [-0.1, -0.05) is 42.5 Å². The molecule has 0 bridgehead atoms. The number of hydrogen-bond donors (Lipinski definition) is 1. The third kappa shape index (κ3) is 3.45. The molecule has 144 valence electrons. The standard InChI is InChI=1S/C22H23N3O3/c1-25-18(13-23-21(25)16-7-4-3-5-8-16)22(26)24-12-15-11-17-9-6-10-19(27-2)20(17)28-14-15/h3-10,13,15H,11-12,14H2,1-2H3,(H,24,26). The van der Waals surface area contributed by atoms with E-state index < -0.39 is 0 Å². The van der Waals surface area contributed by atoms with Crippen molar-refractivity contribution in [3.05, 3.63) is 66.0 Å². The number of para-hydroxylation sites is 1. The van der Waals surface area contributed by atoms with Crippen LogP contribution in [0, 0.1) is 5.92 Å². The Labute approximate surface area is 164 Å². The van der Waals surface area contributed by atoms with Gasteiger partial charge in [-0.15, -0.1) is 0 Å². The fourth-order valence-corrected chi connectivity index (χ4v) is 3.55. The van der Waals surface area contributed by atoms with E-state index in [1.165, 1.54) is 0 Å². The van der Waals surface area contributed by atoms with Crippen LogP contribution >= 0.6 is 0 Å². The molecule has 1 aliphatic heterocycles. The zero-order chi connectivity index (χ0) is 19.5. The number of carbonyl (C=O) groups excluding carboxylic acids is 1. The van der Waals surface area contributed by atoms with Gasteiger partial charge >= 0.3 is 0 Å². The van der Waals surface area contributed by atoms with Gasteiger partial charge in [-0.2, -0.15) is 0 Å². The Kier molecular flexibility index (Phi) is 5.02. The minimum Gasteiger partial charge on any atom is -0.493 e. The van der Waals surface area contributed by atoms with Crippen LogP contribution in [0.4, 0.5) is 0 Å². The second-order valence-corrected chi connectivity index (χ2v) is 6.93. The molecule has 0 aliphatic carbocycles. The highest BCUT2D eigenvalue weighted by Crippen LogP contribution is 2.35. The molecule has 2 aromatic carbocycles. The maximum absolute atomic E-state index is 12.7. The van der Waals surface area contributed by atoms with Crippen LogP contribution in [0.25, 0.3) is 11.4 Å². The summed E-state index contributed by atoms with van der Waals surface area (Å²) in [5, 5.41) is 3.02. The predicted molar refractivity (Wildman–Crippen MR) is 107 cm³/mol. The van der Waals surface area contributed by atoms with E-state index in [1.54, 1.807) is 13.3 Å². The van der Waals surface area contributed by atoms with E-state index in [0.717, 1.165) is 34.9 Å². The molecule has 0 saturated heterocycles. The summed E-state index contributed by atoms with van der Waals surface area (Å²) in [7, 11) is 3.50. The molecule has 0 spiro atoms. The van der Waals surface area contributed by atoms with Crippen molar-refractivity contribution in [1.82, 2.24) is 14.9 Å². The molecule has 1 aliphatic rings. The van der Waals surface area contributed by atoms with Crippen LogP contribution in [0.15, 0.2) is 54.7 Å². The van der Waals surface area contributed by atoms with Crippen molar-refractivity contribution in [1.29, 1.82) is 0 Å². The highest BCUT2D eigenvalue weighted by atomic mass is 16.5. The Morgan fingerprint density at radius 1 is 1.25 bits per heavy atom. The smallest absolute Gasteiger partial charge is 0.269 e. The van der Waals surface area contributed by atoms with Crippen molar-refractivity contribution >= 4 is 5.91 Å². The molecule has 0 fully saturated rings. The molecule has 1 atom stereocenters. The van der Waals surface area contributed by atoms with Gasteiger partial charge in [-0.3, -0.25) is 4.79 Å². The predicted octanol–water partition coefficient (Wildman–Crippen LogP) is 3.08. The molecular formula is C22H23N3O3. The number of rotatable bonds is 5. The number of benzene rings is 2. The summed E-state index contributed by atoms with van der Waals surface area (Å²) in [4.78, 5) is 17.1. The Bertz CT molecular complexity index is 982. The fourth-order valence-electron chi connectivity index (χ4n) is 3.55. The lowest BCUT2D eigenvalue weighted by atomic mass is 9.96. The van der Waals surface area contributed by atoms with Gasteiger partial charge < -0.3 is 19.4 Å². The summed E-state index contributed by atoms with van der Waals surface area (Å²) >= 11 is 0. The average molecular weight is 377 g/mol. The number of imidazole rings is 1. The number of hydrogen-bond acceptors (Lipinski definition) is 4. The molecular weight excluding hydrogens is 354 g/mol. The molecule has 3 aromatic rings. The minimum atomic E-state index is -0.131. The van der Waals surface area contributed by atoms with Crippen molar-refractivity contribution in [2.75, 3.05) is 20.3 Å². The van der Waals surface area contributed by atoms with E-state index in [1.807, 2.05) is 60.1 Å². The summed E-state index contributed by atoms with van der Waals surface area (Å²) < 4.78 is 13.1. The summed E-state index contributed by atoms with van der Waals surface area (Å²) in [5.74, 6) is 2.42. The first-order valence-corrected chi connectivity index (χ1v) is 9.31. The largest absolute Gasteiger partial charge is 0.493 e. The minimum absolute atomic E-state index is 0.131. The molecule has 0 radical (unpaired) electrons. The molecule has 1 aromatic heterocycles. The lowest BCUT2D eigenvalue weighted by Crippen LogP contribution is -2.35. The van der Waals surface area contributed by atoms with Gasteiger partial charge in [0.2, 0.25) is 0 Å². The quantitative estimate of drug-likeness (QED) is 0.742. The molecule has 6 heteroatoms. The van der Waals surface area contributed by atoms with Crippen LogP contribution in [-0.2, 0) is 13.5 Å². The molecule has 6 nitrogen and oxygen atoms in total. The third-order valence-electron chi connectivity index (χ3n) is 5.06. The lowest BCUT2D eigenvalue weighted by Gasteiger charge is -2.26. The summed E-state index contributed by atoms with van der Waals surface area (Å²) in [5.41, 5.74) is 2.63. The van der Waals surface area contributed by atoms with Gasteiger partial charge in [0.05, 0.1) is 19.9 Å². The van der Waals surface area contributed by atoms with Crippen LogP contribution in [-0.4, -0.2) is 35.7 Å². The highest BCUT2D eigenvalue weighted by molar-refractivity contribution is 5.93. The Morgan fingerprint density at radius 3 is 2.86 bits per heavy atom. The first kappa shape index (κ1) is 18.1. The molecule has 1 N–H and O–H groups in total. The number of aromatic nitrogens is 2. The maximum Gasteiger partial charge on any atom is 0.269 e. The Balaban J connectivity index is 1.41. The molecule has 1 unspecified atom stereocenters. The summed E-state index contributed by atoms with van der Waals surface area (Å²) in [6.07, 6.45) is 2.46. The van der Waals surface area contributed by atoms with E-state index in [2.05, 4.69) is 10.3 Å². The number of fused-ring (bicyclic) bond motifs is 1. The van der Waals surface area contributed by atoms with E-state index in [-0.39, 0.29) is 11.8 Å². The van der Waals surface area contributed by atoms with Crippen LogP contribution in [0.1, 0.15) is 16.1 Å². The lowest BCUT2D eigenvalue weighted by molar-refractivity contribution is 0.0930. The molecule has 28 heavy (non-hydrogen) atoms. The van der Waals surface area contributed by atoms with Crippen LogP contribution in [0.3, 0.4) is 0 Å². The zero-order valence-corrected chi connectivity index (χ0v) is 16.0. The maximum atomic E-state index is 12.7. The number of methoxy groups -OCH3 is 1. The van der Waals surface area contributed by atoms with E-state index >= 15 is 0 Å². The van der Waals surface area contributed by atoms with Crippen LogP contribution in [0.2, 0.25) is 0 Å². The summed E-state index contributed by atoms with van der Waals surface area (Å²) in [6.45, 7) is 1.09. The van der Waals surface area contributed by atoms with Crippen LogP contribution in [0.5, 0.6) is 11.5 Å². The number of carbonyl (C=O) groups is 1. The second-order valence-electron chi connectivity index (χ2n) is 6.93. The SMILES string of the molecule is COc1cccc2c1OCC(CNC(=O)c1cnc(-c3ccccc3)n1C)C2. The van der Waals surface area contributed by atoms with Gasteiger partial charge in [-0.25, -0.2) is 4.98 Å². The van der Waals surface area contributed by atoms with E-state index in [9.17, 15) is 4.79 Å². The summed E-state index contributed by atoms with van der Waals surface area (Å²) in [6, 6.07) is 15.7. The Hall–Kier alpha value is -3.28. The first-order valence-electron chi connectivity index (χ1n) is 9.31. The van der Waals surface area contributed by atoms with E-state index in [0.29, 0.717) is 18.8 Å². The fraction of sp³-hybridized carbons (Fsp3) is 0.273. The number of ether oxygens (including phenoxy) is 2. The zero-order valence-electron chi connectivity index (χ0n) is 16.0. The molecule has 1 amide bonds. The van der Waals surface area contributed by atoms with Crippen molar-refractivity contribution in [2.45, 2.75) is 6.42 Å². The molecule has 0 saturated carbocycles. The van der Waals surface area contributed by atoms with Gasteiger partial charge in [0.25, 0.3) is 5.91 Å². The third-order valence-corrected chi connectivity index (χ3v) is 5.06. The van der Waals surface area contributed by atoms with Crippen molar-refractivity contribution < 1.29 is 14.3 Å². The van der Waals surface area contributed by atoms with Gasteiger partial charge in [0.1, 0.15) is 11.5 Å². The number of amides is 1. The normalized spacial score (nSPS) is 15.4.